The Morgan fingerprint density at radius 2 is 2.26 bits per heavy atom. The predicted octanol–water partition coefficient (Wildman–Crippen LogP) is 1.61. The van der Waals surface area contributed by atoms with Crippen molar-refractivity contribution in [2.75, 3.05) is 28.8 Å². The number of anilines is 2. The normalized spacial score (nSPS) is 19.7. The van der Waals surface area contributed by atoms with Crippen molar-refractivity contribution in [1.29, 1.82) is 0 Å². The summed E-state index contributed by atoms with van der Waals surface area (Å²) in [5.74, 6) is 2.45. The third kappa shape index (κ3) is 3.82. The molecule has 1 fully saturated rings. The first-order valence-electron chi connectivity index (χ1n) is 7.48. The van der Waals surface area contributed by atoms with Crippen LogP contribution < -0.4 is 10.2 Å². The Labute approximate surface area is 135 Å². The Balaban J connectivity index is 1.74. The fraction of sp³-hybridized carbons (Fsp3) is 0.467. The SMILES string of the molecule is Cc1cc(N(C)C2CCS(=O)(=O)C2)nc(NCc2ccco2)n1. The van der Waals surface area contributed by atoms with Gasteiger partial charge in [0.05, 0.1) is 24.3 Å². The van der Waals surface area contributed by atoms with E-state index in [0.29, 0.717) is 18.9 Å². The molecule has 0 amide bonds. The van der Waals surface area contributed by atoms with Crippen molar-refractivity contribution >= 4 is 21.6 Å². The molecule has 3 heterocycles. The van der Waals surface area contributed by atoms with Crippen LogP contribution in [0.4, 0.5) is 11.8 Å². The van der Waals surface area contributed by atoms with Crippen molar-refractivity contribution in [1.82, 2.24) is 9.97 Å². The number of rotatable bonds is 5. The first-order valence-corrected chi connectivity index (χ1v) is 9.30. The van der Waals surface area contributed by atoms with Crippen molar-refractivity contribution in [3.05, 3.63) is 35.9 Å². The number of hydrogen-bond donors (Lipinski definition) is 1. The summed E-state index contributed by atoms with van der Waals surface area (Å²) in [7, 11) is -1.04. The molecule has 8 heteroatoms. The second-order valence-corrected chi connectivity index (χ2v) is 8.02. The first kappa shape index (κ1) is 15.8. The van der Waals surface area contributed by atoms with Gasteiger partial charge < -0.3 is 14.6 Å². The molecule has 0 aromatic carbocycles. The summed E-state index contributed by atoms with van der Waals surface area (Å²) in [5.41, 5.74) is 0.824. The van der Waals surface area contributed by atoms with Gasteiger partial charge in [-0.15, -0.1) is 0 Å². The predicted molar refractivity (Wildman–Crippen MR) is 88.3 cm³/mol. The number of furan rings is 1. The number of nitrogens with one attached hydrogen (secondary N) is 1. The van der Waals surface area contributed by atoms with E-state index in [1.165, 1.54) is 0 Å². The van der Waals surface area contributed by atoms with Crippen LogP contribution in [0.3, 0.4) is 0 Å². The van der Waals surface area contributed by atoms with Gasteiger partial charge in [0.15, 0.2) is 9.84 Å². The van der Waals surface area contributed by atoms with Crippen LogP contribution in [-0.2, 0) is 16.4 Å². The van der Waals surface area contributed by atoms with Crippen LogP contribution in [0.15, 0.2) is 28.9 Å². The standard InChI is InChI=1S/C15H20N4O3S/c1-11-8-14(19(2)12-5-7-23(20,21)10-12)18-15(17-11)16-9-13-4-3-6-22-13/h3-4,6,8,12H,5,7,9-10H2,1-2H3,(H,16,17,18). The van der Waals surface area contributed by atoms with Gasteiger partial charge in [-0.1, -0.05) is 0 Å². The van der Waals surface area contributed by atoms with E-state index in [1.54, 1.807) is 6.26 Å². The lowest BCUT2D eigenvalue weighted by atomic mass is 10.2. The second kappa shape index (κ2) is 6.19. The minimum absolute atomic E-state index is 0.0350. The molecule has 0 spiro atoms. The highest BCUT2D eigenvalue weighted by Crippen LogP contribution is 2.22. The zero-order valence-corrected chi connectivity index (χ0v) is 14.0. The molecule has 23 heavy (non-hydrogen) atoms. The zero-order valence-electron chi connectivity index (χ0n) is 13.2. The average molecular weight is 336 g/mol. The molecule has 0 radical (unpaired) electrons. The summed E-state index contributed by atoms with van der Waals surface area (Å²) in [4.78, 5) is 10.8. The highest BCUT2D eigenvalue weighted by molar-refractivity contribution is 7.91. The molecular weight excluding hydrogens is 316 g/mol. The van der Waals surface area contributed by atoms with E-state index in [4.69, 9.17) is 4.42 Å². The third-order valence-electron chi connectivity index (χ3n) is 3.96. The van der Waals surface area contributed by atoms with Crippen LogP contribution >= 0.6 is 0 Å². The highest BCUT2D eigenvalue weighted by Gasteiger charge is 2.31. The van der Waals surface area contributed by atoms with E-state index in [1.807, 2.05) is 37.1 Å². The summed E-state index contributed by atoms with van der Waals surface area (Å²) in [6, 6.07) is 5.53. The van der Waals surface area contributed by atoms with E-state index in [9.17, 15) is 8.42 Å². The van der Waals surface area contributed by atoms with Crippen LogP contribution in [0, 0.1) is 6.92 Å². The Kier molecular flexibility index (Phi) is 4.25. The molecule has 124 valence electrons. The number of aryl methyl sites for hydroxylation is 1. The van der Waals surface area contributed by atoms with Gasteiger partial charge in [0.2, 0.25) is 5.95 Å². The average Bonchev–Trinajstić information content (AvgIpc) is 3.13. The minimum atomic E-state index is -2.92. The Morgan fingerprint density at radius 1 is 1.43 bits per heavy atom. The number of sulfone groups is 1. The summed E-state index contributed by atoms with van der Waals surface area (Å²) >= 11 is 0. The number of aromatic nitrogens is 2. The number of hydrogen-bond acceptors (Lipinski definition) is 7. The molecule has 1 N–H and O–H groups in total. The second-order valence-electron chi connectivity index (χ2n) is 5.79. The lowest BCUT2D eigenvalue weighted by Gasteiger charge is -2.25. The van der Waals surface area contributed by atoms with Gasteiger partial charge in [-0.3, -0.25) is 0 Å². The van der Waals surface area contributed by atoms with Crippen LogP contribution in [0.25, 0.3) is 0 Å². The van der Waals surface area contributed by atoms with Crippen LogP contribution in [-0.4, -0.2) is 43.0 Å². The Morgan fingerprint density at radius 3 is 2.91 bits per heavy atom. The molecule has 0 bridgehead atoms. The highest BCUT2D eigenvalue weighted by atomic mass is 32.2. The summed E-state index contributed by atoms with van der Waals surface area (Å²) in [6.45, 7) is 2.39. The largest absolute Gasteiger partial charge is 0.467 e. The molecule has 3 rings (SSSR count). The third-order valence-corrected chi connectivity index (χ3v) is 5.71. The summed E-state index contributed by atoms with van der Waals surface area (Å²) in [6.07, 6.45) is 2.25. The maximum absolute atomic E-state index is 11.7. The molecule has 2 aromatic heterocycles. The quantitative estimate of drug-likeness (QED) is 0.887. The Hall–Kier alpha value is -2.09. The fourth-order valence-electron chi connectivity index (χ4n) is 2.66. The van der Waals surface area contributed by atoms with E-state index >= 15 is 0 Å². The van der Waals surface area contributed by atoms with Gasteiger partial charge in [-0.25, -0.2) is 13.4 Å². The molecule has 1 unspecified atom stereocenters. The van der Waals surface area contributed by atoms with Gasteiger partial charge >= 0.3 is 0 Å². The molecule has 1 aliphatic rings. The van der Waals surface area contributed by atoms with E-state index < -0.39 is 9.84 Å². The van der Waals surface area contributed by atoms with Crippen molar-refractivity contribution in [2.24, 2.45) is 0 Å². The van der Waals surface area contributed by atoms with Gasteiger partial charge in [-0.05, 0) is 25.5 Å². The van der Waals surface area contributed by atoms with Crippen molar-refractivity contribution in [2.45, 2.75) is 25.9 Å². The van der Waals surface area contributed by atoms with Crippen LogP contribution in [0.5, 0.6) is 0 Å². The lowest BCUT2D eigenvalue weighted by molar-refractivity contribution is 0.517. The molecule has 0 saturated carbocycles. The van der Waals surface area contributed by atoms with Crippen molar-refractivity contribution < 1.29 is 12.8 Å². The van der Waals surface area contributed by atoms with E-state index in [-0.39, 0.29) is 17.5 Å². The van der Waals surface area contributed by atoms with Crippen LogP contribution in [0.1, 0.15) is 17.9 Å². The van der Waals surface area contributed by atoms with Gasteiger partial charge in [-0.2, -0.15) is 4.98 Å². The molecule has 1 atom stereocenters. The minimum Gasteiger partial charge on any atom is -0.467 e. The zero-order chi connectivity index (χ0) is 16.4. The van der Waals surface area contributed by atoms with Crippen LogP contribution in [0.2, 0.25) is 0 Å². The van der Waals surface area contributed by atoms with E-state index in [2.05, 4.69) is 15.3 Å². The molecule has 1 aliphatic heterocycles. The molecule has 0 aliphatic carbocycles. The molecule has 7 nitrogen and oxygen atoms in total. The maximum Gasteiger partial charge on any atom is 0.225 e. The molecule has 2 aromatic rings. The van der Waals surface area contributed by atoms with Crippen molar-refractivity contribution in [3.63, 3.8) is 0 Å². The molecule has 1 saturated heterocycles. The summed E-state index contributed by atoms with van der Waals surface area (Å²) in [5, 5.41) is 3.13. The fourth-order valence-corrected chi connectivity index (χ4v) is 4.43. The van der Waals surface area contributed by atoms with Gasteiger partial charge in [0.1, 0.15) is 11.6 Å². The number of nitrogens with zero attached hydrogens (tertiary/aromatic N) is 3. The van der Waals surface area contributed by atoms with Crippen molar-refractivity contribution in [3.8, 4) is 0 Å². The smallest absolute Gasteiger partial charge is 0.225 e. The first-order chi connectivity index (χ1) is 10.9. The Bertz CT molecular complexity index is 774. The topological polar surface area (TPSA) is 88.3 Å². The lowest BCUT2D eigenvalue weighted by Crippen LogP contribution is -2.33. The summed E-state index contributed by atoms with van der Waals surface area (Å²) < 4.78 is 28.6. The van der Waals surface area contributed by atoms with Gasteiger partial charge in [0.25, 0.3) is 0 Å². The van der Waals surface area contributed by atoms with E-state index in [0.717, 1.165) is 17.3 Å². The van der Waals surface area contributed by atoms with Gasteiger partial charge in [0, 0.05) is 24.8 Å². The monoisotopic (exact) mass is 336 g/mol. The maximum atomic E-state index is 11.7. The molecular formula is C15H20N4O3S.